The van der Waals surface area contributed by atoms with Crippen molar-refractivity contribution in [1.82, 2.24) is 4.90 Å². The average molecular weight is 451 g/mol. The number of nitro benzene ring substituents is 1. The summed E-state index contributed by atoms with van der Waals surface area (Å²) in [7, 11) is 0. The zero-order valence-corrected chi connectivity index (χ0v) is 16.8. The molecule has 1 aliphatic rings. The van der Waals surface area contributed by atoms with Crippen molar-refractivity contribution in [1.29, 1.82) is 0 Å². The first-order chi connectivity index (χ1) is 15.1. The van der Waals surface area contributed by atoms with Crippen molar-refractivity contribution in [3.8, 4) is 0 Å². The quantitative estimate of drug-likeness (QED) is 0.514. The number of carbonyl (C=O) groups excluding carboxylic acids is 2. The van der Waals surface area contributed by atoms with Crippen molar-refractivity contribution in [2.24, 2.45) is 5.73 Å². The van der Waals surface area contributed by atoms with Crippen LogP contribution in [0.3, 0.4) is 0 Å². The molecular formula is C20H20F3N5O4. The second-order valence-electron chi connectivity index (χ2n) is 7.18. The minimum Gasteiger partial charge on any atom is -0.366 e. The summed E-state index contributed by atoms with van der Waals surface area (Å²) in [6.45, 7) is 1.32. The van der Waals surface area contributed by atoms with Crippen LogP contribution < -0.4 is 16.0 Å². The number of rotatable bonds is 6. The highest BCUT2D eigenvalue weighted by atomic mass is 19.4. The monoisotopic (exact) mass is 451 g/mol. The van der Waals surface area contributed by atoms with Crippen LogP contribution in [0, 0.1) is 10.1 Å². The third kappa shape index (κ3) is 5.32. The molecule has 1 aliphatic heterocycles. The number of benzene rings is 2. The topological polar surface area (TPSA) is 122 Å². The molecule has 0 unspecified atom stereocenters. The molecule has 2 aromatic rings. The van der Waals surface area contributed by atoms with Gasteiger partial charge in [-0.1, -0.05) is 12.1 Å². The standard InChI is InChI=1S/C20H20F3N5O4/c21-20(22,23)13-5-6-16(17(11-13)28(31)32)27-9-7-26(8-10-27)12-18(29)25-15-4-2-1-3-14(15)19(24)30/h1-6,11H,7-10,12H2,(H2,24,30)(H,25,29). The van der Waals surface area contributed by atoms with Crippen LogP contribution in [-0.2, 0) is 11.0 Å². The van der Waals surface area contributed by atoms with Crippen LogP contribution in [-0.4, -0.2) is 54.4 Å². The maximum Gasteiger partial charge on any atom is 0.416 e. The Bertz CT molecular complexity index is 1040. The van der Waals surface area contributed by atoms with Crippen molar-refractivity contribution in [2.45, 2.75) is 6.18 Å². The van der Waals surface area contributed by atoms with Crippen LogP contribution in [0.25, 0.3) is 0 Å². The summed E-state index contributed by atoms with van der Waals surface area (Å²) in [5, 5.41) is 14.0. The van der Waals surface area contributed by atoms with Crippen LogP contribution in [0.5, 0.6) is 0 Å². The smallest absolute Gasteiger partial charge is 0.366 e. The molecule has 170 valence electrons. The molecule has 0 spiro atoms. The molecule has 3 N–H and O–H groups in total. The van der Waals surface area contributed by atoms with E-state index in [0.717, 1.165) is 12.1 Å². The van der Waals surface area contributed by atoms with E-state index in [-0.39, 0.29) is 36.8 Å². The van der Waals surface area contributed by atoms with Gasteiger partial charge in [-0.05, 0) is 24.3 Å². The van der Waals surface area contributed by atoms with Gasteiger partial charge in [-0.3, -0.25) is 24.6 Å². The molecule has 0 aliphatic carbocycles. The largest absolute Gasteiger partial charge is 0.416 e. The summed E-state index contributed by atoms with van der Waals surface area (Å²) in [5.41, 5.74) is 4.17. The summed E-state index contributed by atoms with van der Waals surface area (Å²) in [5.74, 6) is -1.04. The fraction of sp³-hybridized carbons (Fsp3) is 0.300. The van der Waals surface area contributed by atoms with Crippen LogP contribution in [0.15, 0.2) is 42.5 Å². The van der Waals surface area contributed by atoms with Crippen molar-refractivity contribution < 1.29 is 27.7 Å². The SMILES string of the molecule is NC(=O)c1ccccc1NC(=O)CN1CCN(c2ccc(C(F)(F)F)cc2[N+](=O)[O-])CC1. The fourth-order valence-corrected chi connectivity index (χ4v) is 3.46. The number of nitrogens with two attached hydrogens (primary N) is 1. The number of anilines is 2. The molecule has 3 rings (SSSR count). The Hall–Kier alpha value is -3.67. The third-order valence-electron chi connectivity index (χ3n) is 5.05. The first-order valence-electron chi connectivity index (χ1n) is 9.58. The van der Waals surface area contributed by atoms with Crippen LogP contribution in [0.2, 0.25) is 0 Å². The van der Waals surface area contributed by atoms with Gasteiger partial charge in [-0.2, -0.15) is 13.2 Å². The molecule has 1 heterocycles. The lowest BCUT2D eigenvalue weighted by Gasteiger charge is -2.35. The van der Waals surface area contributed by atoms with Gasteiger partial charge < -0.3 is 16.0 Å². The van der Waals surface area contributed by atoms with Gasteiger partial charge in [0.1, 0.15) is 5.69 Å². The summed E-state index contributed by atoms with van der Waals surface area (Å²) in [4.78, 5) is 37.7. The Kier molecular flexibility index (Phi) is 6.63. The number of nitrogens with zero attached hydrogens (tertiary/aromatic N) is 3. The Morgan fingerprint density at radius 1 is 1.09 bits per heavy atom. The lowest BCUT2D eigenvalue weighted by atomic mass is 10.1. The number of nitro groups is 1. The lowest BCUT2D eigenvalue weighted by molar-refractivity contribution is -0.384. The molecule has 2 aromatic carbocycles. The molecule has 0 atom stereocenters. The third-order valence-corrected chi connectivity index (χ3v) is 5.05. The Morgan fingerprint density at radius 2 is 1.75 bits per heavy atom. The molecular weight excluding hydrogens is 431 g/mol. The molecule has 2 amide bonds. The summed E-state index contributed by atoms with van der Waals surface area (Å²) >= 11 is 0. The summed E-state index contributed by atoms with van der Waals surface area (Å²) < 4.78 is 38.7. The number of piperazine rings is 1. The number of amides is 2. The lowest BCUT2D eigenvalue weighted by Crippen LogP contribution is -2.48. The predicted molar refractivity (Wildman–Crippen MR) is 110 cm³/mol. The number of primary amides is 1. The average Bonchev–Trinajstić information content (AvgIpc) is 2.73. The number of halogens is 3. The summed E-state index contributed by atoms with van der Waals surface area (Å²) in [6.07, 6.45) is -4.68. The van der Waals surface area contributed by atoms with E-state index < -0.39 is 28.3 Å². The minimum atomic E-state index is -4.68. The Balaban J connectivity index is 1.63. The Labute approximate surface area is 180 Å². The van der Waals surface area contributed by atoms with Gasteiger partial charge in [0.25, 0.3) is 11.6 Å². The highest BCUT2D eigenvalue weighted by Crippen LogP contribution is 2.36. The van der Waals surface area contributed by atoms with E-state index in [1.807, 2.05) is 0 Å². The fourth-order valence-electron chi connectivity index (χ4n) is 3.46. The molecule has 0 saturated carbocycles. The van der Waals surface area contributed by atoms with Crippen LogP contribution in [0.4, 0.5) is 30.2 Å². The molecule has 32 heavy (non-hydrogen) atoms. The maximum atomic E-state index is 12.9. The number of hydrogen-bond acceptors (Lipinski definition) is 6. The zero-order chi connectivity index (χ0) is 23.5. The van der Waals surface area contributed by atoms with E-state index in [0.29, 0.717) is 24.8 Å². The first kappa shape index (κ1) is 23.0. The van der Waals surface area contributed by atoms with Gasteiger partial charge in [0.15, 0.2) is 0 Å². The number of carbonyl (C=O) groups is 2. The molecule has 1 saturated heterocycles. The predicted octanol–water partition coefficient (Wildman–Crippen LogP) is 2.47. The normalized spacial score (nSPS) is 14.8. The van der Waals surface area contributed by atoms with E-state index in [9.17, 15) is 32.9 Å². The van der Waals surface area contributed by atoms with Gasteiger partial charge in [0, 0.05) is 32.2 Å². The van der Waals surface area contributed by atoms with E-state index in [2.05, 4.69) is 5.32 Å². The molecule has 0 radical (unpaired) electrons. The van der Waals surface area contributed by atoms with Crippen molar-refractivity contribution in [2.75, 3.05) is 42.9 Å². The van der Waals surface area contributed by atoms with Gasteiger partial charge in [0.2, 0.25) is 5.91 Å². The van der Waals surface area contributed by atoms with Gasteiger partial charge in [0.05, 0.1) is 28.3 Å². The van der Waals surface area contributed by atoms with E-state index in [1.165, 1.54) is 6.07 Å². The van der Waals surface area contributed by atoms with Crippen molar-refractivity contribution >= 4 is 28.9 Å². The van der Waals surface area contributed by atoms with Gasteiger partial charge in [-0.15, -0.1) is 0 Å². The van der Waals surface area contributed by atoms with Crippen molar-refractivity contribution in [3.05, 3.63) is 63.7 Å². The van der Waals surface area contributed by atoms with Crippen molar-refractivity contribution in [3.63, 3.8) is 0 Å². The molecule has 1 fully saturated rings. The second kappa shape index (κ2) is 9.22. The van der Waals surface area contributed by atoms with E-state index in [1.54, 1.807) is 28.0 Å². The highest BCUT2D eigenvalue weighted by molar-refractivity contribution is 6.03. The van der Waals surface area contributed by atoms with Crippen LogP contribution >= 0.6 is 0 Å². The number of alkyl halides is 3. The number of para-hydroxylation sites is 1. The minimum absolute atomic E-state index is 0.00996. The summed E-state index contributed by atoms with van der Waals surface area (Å²) in [6, 6.07) is 8.77. The van der Waals surface area contributed by atoms with E-state index in [4.69, 9.17) is 5.73 Å². The first-order valence-corrected chi connectivity index (χ1v) is 9.58. The second-order valence-corrected chi connectivity index (χ2v) is 7.18. The molecule has 9 nitrogen and oxygen atoms in total. The number of hydrogen-bond donors (Lipinski definition) is 2. The van der Waals surface area contributed by atoms with Crippen LogP contribution in [0.1, 0.15) is 15.9 Å². The molecule has 0 bridgehead atoms. The number of nitrogens with one attached hydrogen (secondary N) is 1. The Morgan fingerprint density at radius 3 is 2.34 bits per heavy atom. The molecule has 0 aromatic heterocycles. The van der Waals surface area contributed by atoms with Gasteiger partial charge in [-0.25, -0.2) is 0 Å². The van der Waals surface area contributed by atoms with E-state index >= 15 is 0 Å². The molecule has 12 heteroatoms. The zero-order valence-electron chi connectivity index (χ0n) is 16.8. The maximum absolute atomic E-state index is 12.9. The van der Waals surface area contributed by atoms with Gasteiger partial charge >= 0.3 is 6.18 Å². The highest BCUT2D eigenvalue weighted by Gasteiger charge is 2.34.